The van der Waals surface area contributed by atoms with Crippen molar-refractivity contribution in [2.75, 3.05) is 19.6 Å². The average Bonchev–Trinajstić information content (AvgIpc) is 3.44. The second-order valence-corrected chi connectivity index (χ2v) is 7.82. The molecule has 1 saturated heterocycles. The quantitative estimate of drug-likeness (QED) is 0.645. The number of hydrogen-bond acceptors (Lipinski definition) is 5. The number of carbonyl (C=O) groups excluding carboxylic acids is 1. The first-order chi connectivity index (χ1) is 13.8. The van der Waals surface area contributed by atoms with Gasteiger partial charge in [0.15, 0.2) is 0 Å². The van der Waals surface area contributed by atoms with E-state index >= 15 is 0 Å². The van der Waals surface area contributed by atoms with Crippen LogP contribution in [0.25, 0.3) is 0 Å². The molecule has 1 aliphatic rings. The number of nitrogens with zero attached hydrogens (tertiary/aromatic N) is 2. The van der Waals surface area contributed by atoms with Gasteiger partial charge in [-0.1, -0.05) is 30.0 Å². The van der Waals surface area contributed by atoms with E-state index in [2.05, 4.69) is 15.2 Å². The van der Waals surface area contributed by atoms with E-state index in [1.165, 1.54) is 24.6 Å². The van der Waals surface area contributed by atoms with Crippen molar-refractivity contribution < 1.29 is 9.21 Å². The van der Waals surface area contributed by atoms with Crippen molar-refractivity contribution in [3.8, 4) is 0 Å². The Kier molecular flexibility index (Phi) is 6.09. The lowest BCUT2D eigenvalue weighted by molar-refractivity contribution is 0.0930. The molecule has 1 fully saturated rings. The SMILES string of the molecule is O=C(NCC(c1ccco1)N1CCCC1)c1cccnc1Sc1ccccc1. The van der Waals surface area contributed by atoms with Gasteiger partial charge in [0, 0.05) is 17.6 Å². The molecule has 3 aromatic rings. The van der Waals surface area contributed by atoms with E-state index in [0.717, 1.165) is 23.7 Å². The Morgan fingerprint density at radius 1 is 1.11 bits per heavy atom. The summed E-state index contributed by atoms with van der Waals surface area (Å²) in [5.41, 5.74) is 0.593. The molecule has 144 valence electrons. The van der Waals surface area contributed by atoms with E-state index < -0.39 is 0 Å². The molecule has 4 rings (SSSR count). The van der Waals surface area contributed by atoms with Crippen molar-refractivity contribution in [1.82, 2.24) is 15.2 Å². The zero-order valence-electron chi connectivity index (χ0n) is 15.6. The summed E-state index contributed by atoms with van der Waals surface area (Å²) in [6.07, 6.45) is 5.78. The predicted molar refractivity (Wildman–Crippen MR) is 109 cm³/mol. The maximum atomic E-state index is 12.9. The van der Waals surface area contributed by atoms with Crippen LogP contribution in [0.4, 0.5) is 0 Å². The Morgan fingerprint density at radius 3 is 2.68 bits per heavy atom. The van der Waals surface area contributed by atoms with Gasteiger partial charge in [0.05, 0.1) is 17.9 Å². The highest BCUT2D eigenvalue weighted by Gasteiger charge is 2.26. The minimum absolute atomic E-state index is 0.0587. The molecule has 1 aromatic carbocycles. The number of furan rings is 1. The fourth-order valence-corrected chi connectivity index (χ4v) is 4.37. The second kappa shape index (κ2) is 9.08. The lowest BCUT2D eigenvalue weighted by Crippen LogP contribution is -2.36. The molecule has 0 spiro atoms. The van der Waals surface area contributed by atoms with Crippen LogP contribution in [0.1, 0.15) is 35.0 Å². The van der Waals surface area contributed by atoms with E-state index in [-0.39, 0.29) is 11.9 Å². The van der Waals surface area contributed by atoms with E-state index in [0.29, 0.717) is 17.1 Å². The Hall–Kier alpha value is -2.57. The molecule has 1 N–H and O–H groups in total. The first-order valence-electron chi connectivity index (χ1n) is 9.55. The van der Waals surface area contributed by atoms with Crippen LogP contribution >= 0.6 is 11.8 Å². The number of rotatable bonds is 7. The van der Waals surface area contributed by atoms with E-state index in [1.54, 1.807) is 18.5 Å². The van der Waals surface area contributed by atoms with Crippen molar-refractivity contribution in [1.29, 1.82) is 0 Å². The fraction of sp³-hybridized carbons (Fsp3) is 0.273. The number of nitrogens with one attached hydrogen (secondary N) is 1. The van der Waals surface area contributed by atoms with Crippen LogP contribution in [0.15, 0.2) is 81.4 Å². The van der Waals surface area contributed by atoms with Crippen LogP contribution in [0.2, 0.25) is 0 Å². The summed E-state index contributed by atoms with van der Waals surface area (Å²) in [6, 6.07) is 17.5. The van der Waals surface area contributed by atoms with Crippen molar-refractivity contribution in [2.24, 2.45) is 0 Å². The van der Waals surface area contributed by atoms with Crippen LogP contribution in [0.5, 0.6) is 0 Å². The van der Waals surface area contributed by atoms with Crippen molar-refractivity contribution in [2.45, 2.75) is 28.8 Å². The summed E-state index contributed by atoms with van der Waals surface area (Å²) in [5.74, 6) is 0.787. The molecule has 0 saturated carbocycles. The van der Waals surface area contributed by atoms with Crippen molar-refractivity contribution in [3.63, 3.8) is 0 Å². The average molecular weight is 394 g/mol. The zero-order chi connectivity index (χ0) is 19.2. The molecule has 0 bridgehead atoms. The molecule has 6 heteroatoms. The third-order valence-electron chi connectivity index (χ3n) is 4.88. The van der Waals surface area contributed by atoms with Gasteiger partial charge in [0.2, 0.25) is 0 Å². The molecule has 1 aliphatic heterocycles. The molecular weight excluding hydrogens is 370 g/mol. The smallest absolute Gasteiger partial charge is 0.254 e. The number of hydrogen-bond donors (Lipinski definition) is 1. The van der Waals surface area contributed by atoms with Crippen LogP contribution in [-0.4, -0.2) is 35.4 Å². The number of pyridine rings is 1. The highest BCUT2D eigenvalue weighted by Crippen LogP contribution is 2.29. The summed E-state index contributed by atoms with van der Waals surface area (Å²) in [7, 11) is 0. The Balaban J connectivity index is 1.47. The Labute approximate surface area is 169 Å². The van der Waals surface area contributed by atoms with Gasteiger partial charge in [0.25, 0.3) is 5.91 Å². The van der Waals surface area contributed by atoms with Gasteiger partial charge >= 0.3 is 0 Å². The van der Waals surface area contributed by atoms with E-state index in [1.807, 2.05) is 48.5 Å². The monoisotopic (exact) mass is 393 g/mol. The molecule has 1 atom stereocenters. The normalized spacial score (nSPS) is 15.4. The summed E-state index contributed by atoms with van der Waals surface area (Å²) >= 11 is 1.50. The molecule has 3 heterocycles. The summed E-state index contributed by atoms with van der Waals surface area (Å²) in [4.78, 5) is 20.8. The highest BCUT2D eigenvalue weighted by atomic mass is 32.2. The largest absolute Gasteiger partial charge is 0.468 e. The molecule has 5 nitrogen and oxygen atoms in total. The topological polar surface area (TPSA) is 58.4 Å². The molecule has 0 radical (unpaired) electrons. The summed E-state index contributed by atoms with van der Waals surface area (Å²) < 4.78 is 5.64. The Bertz CT molecular complexity index is 893. The van der Waals surface area contributed by atoms with Crippen LogP contribution in [0, 0.1) is 0 Å². The molecule has 0 aliphatic carbocycles. The molecule has 1 unspecified atom stereocenters. The first-order valence-corrected chi connectivity index (χ1v) is 10.4. The number of amides is 1. The third kappa shape index (κ3) is 4.46. The van der Waals surface area contributed by atoms with Gasteiger partial charge in [0.1, 0.15) is 10.8 Å². The van der Waals surface area contributed by atoms with Gasteiger partial charge in [-0.05, 0) is 62.3 Å². The number of carbonyl (C=O) groups is 1. The van der Waals surface area contributed by atoms with Crippen molar-refractivity contribution >= 4 is 17.7 Å². The van der Waals surface area contributed by atoms with Crippen molar-refractivity contribution in [3.05, 3.63) is 78.4 Å². The first kappa shape index (κ1) is 18.8. The molecule has 28 heavy (non-hydrogen) atoms. The minimum atomic E-state index is -0.109. The third-order valence-corrected chi connectivity index (χ3v) is 5.91. The summed E-state index contributed by atoms with van der Waals surface area (Å²) in [6.45, 7) is 2.57. The molecular formula is C22H23N3O2S. The maximum Gasteiger partial charge on any atom is 0.254 e. The van der Waals surface area contributed by atoms with Gasteiger partial charge in [-0.2, -0.15) is 0 Å². The van der Waals surface area contributed by atoms with Crippen LogP contribution in [-0.2, 0) is 0 Å². The minimum Gasteiger partial charge on any atom is -0.468 e. The second-order valence-electron chi connectivity index (χ2n) is 6.76. The molecule has 2 aromatic heterocycles. The van der Waals surface area contributed by atoms with Gasteiger partial charge in [-0.15, -0.1) is 0 Å². The Morgan fingerprint density at radius 2 is 1.93 bits per heavy atom. The molecule has 1 amide bonds. The number of aromatic nitrogens is 1. The summed E-state index contributed by atoms with van der Waals surface area (Å²) in [5, 5.41) is 3.81. The maximum absolute atomic E-state index is 12.9. The van der Waals surface area contributed by atoms with E-state index in [4.69, 9.17) is 4.42 Å². The fourth-order valence-electron chi connectivity index (χ4n) is 3.47. The zero-order valence-corrected chi connectivity index (χ0v) is 16.4. The number of benzene rings is 1. The van der Waals surface area contributed by atoms with Crippen LogP contribution in [0.3, 0.4) is 0 Å². The van der Waals surface area contributed by atoms with Gasteiger partial charge in [-0.3, -0.25) is 9.69 Å². The lowest BCUT2D eigenvalue weighted by atomic mass is 10.2. The van der Waals surface area contributed by atoms with E-state index in [9.17, 15) is 4.79 Å². The highest BCUT2D eigenvalue weighted by molar-refractivity contribution is 7.99. The number of likely N-dealkylation sites (tertiary alicyclic amines) is 1. The predicted octanol–water partition coefficient (Wildman–Crippen LogP) is 4.39. The van der Waals surface area contributed by atoms with Gasteiger partial charge < -0.3 is 9.73 Å². The lowest BCUT2D eigenvalue weighted by Gasteiger charge is -2.26. The standard InChI is InChI=1S/C22H23N3O2S/c26-21(18-10-6-12-23-22(18)28-17-8-2-1-3-9-17)24-16-19(20-11-7-15-27-20)25-13-4-5-14-25/h1-3,6-12,15,19H,4-5,13-14,16H2,(H,24,26). The van der Waals surface area contributed by atoms with Crippen LogP contribution < -0.4 is 5.32 Å². The van der Waals surface area contributed by atoms with Gasteiger partial charge in [-0.25, -0.2) is 4.98 Å².